The fraction of sp³-hybridized carbons (Fsp3) is 0.667. The molecule has 0 saturated carbocycles. The van der Waals surface area contributed by atoms with Gasteiger partial charge in [0, 0.05) is 50.9 Å². The van der Waals surface area contributed by atoms with Crippen LogP contribution in [0.4, 0.5) is 0 Å². The Morgan fingerprint density at radius 3 is 2.80 bits per heavy atom. The minimum atomic E-state index is -0.171. The van der Waals surface area contributed by atoms with Crippen molar-refractivity contribution in [3.8, 4) is 0 Å². The lowest BCUT2D eigenvalue weighted by atomic mass is 9.86. The molecule has 2 N–H and O–H groups in total. The van der Waals surface area contributed by atoms with Crippen LogP contribution in [0.5, 0.6) is 0 Å². The molecule has 138 valence electrons. The van der Waals surface area contributed by atoms with Gasteiger partial charge < -0.3 is 19.9 Å². The van der Waals surface area contributed by atoms with E-state index in [1.54, 1.807) is 4.90 Å². The number of aliphatic hydroxyl groups excluding tert-OH is 1. The highest BCUT2D eigenvalue weighted by molar-refractivity contribution is 5.92. The molecule has 3 rings (SSSR count). The van der Waals surface area contributed by atoms with Gasteiger partial charge in [-0.15, -0.1) is 0 Å². The van der Waals surface area contributed by atoms with Crippen LogP contribution >= 0.6 is 0 Å². The van der Waals surface area contributed by atoms with E-state index in [0.717, 1.165) is 24.9 Å². The second kappa shape index (κ2) is 7.17. The molecule has 25 heavy (non-hydrogen) atoms. The van der Waals surface area contributed by atoms with Gasteiger partial charge in [-0.25, -0.2) is 0 Å². The third-order valence-electron chi connectivity index (χ3n) is 5.72. The number of rotatable bonds is 3. The van der Waals surface area contributed by atoms with Gasteiger partial charge in [0.2, 0.25) is 5.91 Å². The summed E-state index contributed by atoms with van der Waals surface area (Å²) in [5, 5.41) is 9.16. The van der Waals surface area contributed by atoms with Gasteiger partial charge in [0.1, 0.15) is 5.69 Å². The molecule has 0 radical (unpaired) electrons. The number of aryl methyl sites for hydroxylation is 1. The lowest BCUT2D eigenvalue weighted by Gasteiger charge is -2.49. The van der Waals surface area contributed by atoms with Crippen LogP contribution in [-0.4, -0.2) is 88.5 Å². The summed E-state index contributed by atoms with van der Waals surface area (Å²) in [7, 11) is 2.09. The number of β-amino-alcohol motifs (C(OH)–C–C–N with tert-alkyl or cyclic N) is 1. The number of aromatic amines is 1. The van der Waals surface area contributed by atoms with E-state index in [2.05, 4.69) is 16.9 Å². The number of nitrogens with zero attached hydrogens (tertiary/aromatic N) is 3. The maximum atomic E-state index is 12.8. The molecule has 2 fully saturated rings. The Morgan fingerprint density at radius 2 is 2.12 bits per heavy atom. The van der Waals surface area contributed by atoms with Crippen LogP contribution in [0, 0.1) is 6.92 Å². The van der Waals surface area contributed by atoms with E-state index in [0.29, 0.717) is 38.3 Å². The van der Waals surface area contributed by atoms with Crippen LogP contribution in [0.1, 0.15) is 35.3 Å². The molecule has 1 aromatic heterocycles. The Hall–Kier alpha value is -1.86. The first kappa shape index (κ1) is 17.9. The number of aliphatic hydroxyl groups is 1. The van der Waals surface area contributed by atoms with Crippen molar-refractivity contribution >= 4 is 11.8 Å². The van der Waals surface area contributed by atoms with Gasteiger partial charge in [-0.2, -0.15) is 0 Å². The first-order valence-electron chi connectivity index (χ1n) is 8.99. The Morgan fingerprint density at radius 1 is 1.32 bits per heavy atom. The zero-order valence-electron chi connectivity index (χ0n) is 15.1. The highest BCUT2D eigenvalue weighted by Crippen LogP contribution is 2.32. The van der Waals surface area contributed by atoms with E-state index in [4.69, 9.17) is 5.11 Å². The number of hydrogen-bond donors (Lipinski definition) is 2. The summed E-state index contributed by atoms with van der Waals surface area (Å²) in [5.74, 6) is 0.131. The molecule has 3 heterocycles. The van der Waals surface area contributed by atoms with Gasteiger partial charge in [0.25, 0.3) is 5.91 Å². The molecule has 1 atom stereocenters. The Kier molecular flexibility index (Phi) is 5.15. The highest BCUT2D eigenvalue weighted by Gasteiger charge is 2.43. The van der Waals surface area contributed by atoms with E-state index < -0.39 is 0 Å². The number of amides is 2. The number of likely N-dealkylation sites (N-methyl/N-ethyl adjacent to an activating group) is 1. The van der Waals surface area contributed by atoms with E-state index in [-0.39, 0.29) is 24.0 Å². The maximum absolute atomic E-state index is 12.8. The summed E-state index contributed by atoms with van der Waals surface area (Å²) in [5.41, 5.74) is 1.51. The molecule has 1 unspecified atom stereocenters. The van der Waals surface area contributed by atoms with Crippen LogP contribution in [0.25, 0.3) is 0 Å². The minimum absolute atomic E-state index is 0.00857. The zero-order chi connectivity index (χ0) is 18.0. The molecule has 0 aliphatic carbocycles. The summed E-state index contributed by atoms with van der Waals surface area (Å²) in [4.78, 5) is 34.1. The van der Waals surface area contributed by atoms with Gasteiger partial charge in [-0.3, -0.25) is 14.5 Å². The number of hydrogen-bond acceptors (Lipinski definition) is 4. The fourth-order valence-corrected chi connectivity index (χ4v) is 4.02. The maximum Gasteiger partial charge on any atom is 0.270 e. The SMILES string of the molecule is Cc1c[nH]c(C(=O)N2CCN(C)C3(CCC(=O)N(CCO)CC3)C2)c1. The third-order valence-corrected chi connectivity index (χ3v) is 5.72. The molecule has 1 spiro atoms. The highest BCUT2D eigenvalue weighted by atomic mass is 16.3. The first-order valence-corrected chi connectivity index (χ1v) is 8.99. The van der Waals surface area contributed by atoms with Gasteiger partial charge in [0.05, 0.1) is 6.61 Å². The van der Waals surface area contributed by atoms with E-state index in [1.807, 2.05) is 24.1 Å². The molecule has 7 nitrogen and oxygen atoms in total. The fourth-order valence-electron chi connectivity index (χ4n) is 4.02. The van der Waals surface area contributed by atoms with Gasteiger partial charge >= 0.3 is 0 Å². The second-order valence-corrected chi connectivity index (χ2v) is 7.32. The van der Waals surface area contributed by atoms with E-state index in [1.165, 1.54) is 0 Å². The quantitative estimate of drug-likeness (QED) is 0.831. The molecule has 2 aliphatic heterocycles. The lowest BCUT2D eigenvalue weighted by Crippen LogP contribution is -2.62. The Balaban J connectivity index is 1.76. The van der Waals surface area contributed by atoms with Crippen LogP contribution in [0.15, 0.2) is 12.3 Å². The number of likely N-dealkylation sites (tertiary alicyclic amines) is 1. The van der Waals surface area contributed by atoms with Crippen LogP contribution in [-0.2, 0) is 4.79 Å². The van der Waals surface area contributed by atoms with Crippen LogP contribution in [0.2, 0.25) is 0 Å². The Labute approximate surface area is 148 Å². The van der Waals surface area contributed by atoms with Gasteiger partial charge in [0.15, 0.2) is 0 Å². The first-order chi connectivity index (χ1) is 11.9. The standard InChI is InChI=1S/C18H28N4O3/c1-14-11-15(19-12-14)17(25)22-8-7-20(2)18(13-22)4-3-16(24)21(6-5-18)9-10-23/h11-12,19,23H,3-10,13H2,1-2H3. The minimum Gasteiger partial charge on any atom is -0.395 e. The average molecular weight is 348 g/mol. The molecule has 2 aliphatic rings. The normalized spacial score (nSPS) is 25.5. The van der Waals surface area contributed by atoms with Crippen molar-refractivity contribution in [2.75, 3.05) is 46.4 Å². The molecule has 2 saturated heterocycles. The smallest absolute Gasteiger partial charge is 0.270 e. The third kappa shape index (κ3) is 3.57. The predicted molar refractivity (Wildman–Crippen MR) is 94.3 cm³/mol. The van der Waals surface area contributed by atoms with Crippen molar-refractivity contribution in [3.63, 3.8) is 0 Å². The molecule has 7 heteroatoms. The number of piperazine rings is 1. The van der Waals surface area contributed by atoms with Crippen LogP contribution in [0.3, 0.4) is 0 Å². The molecule has 1 aromatic rings. The number of H-pyrrole nitrogens is 1. The second-order valence-electron chi connectivity index (χ2n) is 7.32. The summed E-state index contributed by atoms with van der Waals surface area (Å²) in [6, 6.07) is 1.88. The number of nitrogens with one attached hydrogen (secondary N) is 1. The molecule has 0 aromatic carbocycles. The van der Waals surface area contributed by atoms with Gasteiger partial charge in [-0.1, -0.05) is 0 Å². The summed E-state index contributed by atoms with van der Waals surface area (Å²) in [6.07, 6.45) is 3.88. The molecular weight excluding hydrogens is 320 g/mol. The van der Waals surface area contributed by atoms with Crippen molar-refractivity contribution in [3.05, 3.63) is 23.5 Å². The van der Waals surface area contributed by atoms with Crippen molar-refractivity contribution < 1.29 is 14.7 Å². The largest absolute Gasteiger partial charge is 0.395 e. The van der Waals surface area contributed by atoms with E-state index >= 15 is 0 Å². The number of carbonyl (C=O) groups is 2. The van der Waals surface area contributed by atoms with Crippen molar-refractivity contribution in [1.82, 2.24) is 19.7 Å². The molecule has 2 amide bonds. The van der Waals surface area contributed by atoms with E-state index in [9.17, 15) is 9.59 Å². The summed E-state index contributed by atoms with van der Waals surface area (Å²) < 4.78 is 0. The lowest BCUT2D eigenvalue weighted by molar-refractivity contribution is -0.131. The van der Waals surface area contributed by atoms with Gasteiger partial charge in [-0.05, 0) is 38.4 Å². The summed E-state index contributed by atoms with van der Waals surface area (Å²) >= 11 is 0. The topological polar surface area (TPSA) is 79.9 Å². The number of carbonyl (C=O) groups excluding carboxylic acids is 2. The molecule has 0 bridgehead atoms. The van der Waals surface area contributed by atoms with Crippen molar-refractivity contribution in [2.45, 2.75) is 31.7 Å². The van der Waals surface area contributed by atoms with Crippen molar-refractivity contribution in [1.29, 1.82) is 0 Å². The number of aromatic nitrogens is 1. The average Bonchev–Trinajstić information content (AvgIpc) is 2.97. The van der Waals surface area contributed by atoms with Crippen LogP contribution < -0.4 is 0 Å². The predicted octanol–water partition coefficient (Wildman–Crippen LogP) is 0.454. The summed E-state index contributed by atoms with van der Waals surface area (Å²) in [6.45, 7) is 5.12. The monoisotopic (exact) mass is 348 g/mol. The van der Waals surface area contributed by atoms with Crippen molar-refractivity contribution in [2.24, 2.45) is 0 Å². The Bertz CT molecular complexity index is 644. The zero-order valence-corrected chi connectivity index (χ0v) is 15.1. The molecular formula is C18H28N4O3.